The van der Waals surface area contributed by atoms with E-state index in [-0.39, 0.29) is 41.7 Å². The third kappa shape index (κ3) is 14.7. The minimum Gasteiger partial charge on any atom is -0.480 e. The zero-order valence-electron chi connectivity index (χ0n) is 47.8. The van der Waals surface area contributed by atoms with Crippen LogP contribution in [0.3, 0.4) is 0 Å². The Balaban J connectivity index is 1.24. The second-order valence-corrected chi connectivity index (χ2v) is 21.0. The highest BCUT2D eigenvalue weighted by atomic mass is 32.2. The molecule has 0 bridgehead atoms. The van der Waals surface area contributed by atoms with Crippen LogP contribution >= 0.6 is 11.8 Å². The second kappa shape index (κ2) is 28.5. The lowest BCUT2D eigenvalue weighted by Gasteiger charge is -2.44. The van der Waals surface area contributed by atoms with Crippen LogP contribution in [0.25, 0.3) is 11.0 Å². The molecule has 2 saturated heterocycles. The molecule has 32 heteroatoms. The highest BCUT2D eigenvalue weighted by Crippen LogP contribution is 2.51. The lowest BCUT2D eigenvalue weighted by Crippen LogP contribution is -2.71. The number of amides is 5. The Kier molecular flexibility index (Phi) is 21.0. The highest BCUT2D eigenvalue weighted by molar-refractivity contribution is 8.01. The number of carbonyl (C=O) groups excluding carboxylic acids is 10. The largest absolute Gasteiger partial charge is 0.513 e. The number of benzene rings is 4. The first-order chi connectivity index (χ1) is 42.0. The van der Waals surface area contributed by atoms with Crippen LogP contribution in [0.5, 0.6) is 28.7 Å². The highest BCUT2D eigenvalue weighted by Gasteiger charge is 2.64. The van der Waals surface area contributed by atoms with Crippen LogP contribution in [0.1, 0.15) is 59.0 Å². The number of ether oxygens (including phenoxy) is 10. The van der Waals surface area contributed by atoms with Crippen LogP contribution in [0.4, 0.5) is 24.0 Å². The Morgan fingerprint density at radius 2 is 1.11 bits per heavy atom. The van der Waals surface area contributed by atoms with E-state index in [0.717, 1.165) is 80.2 Å². The van der Waals surface area contributed by atoms with E-state index >= 15 is 4.79 Å². The molecular weight excluding hydrogens is 1190 g/mol. The summed E-state index contributed by atoms with van der Waals surface area (Å²) in [5, 5.41) is 14.2. The maximum atomic E-state index is 15.0. The van der Waals surface area contributed by atoms with Crippen LogP contribution < -0.4 is 45.6 Å². The van der Waals surface area contributed by atoms with Crippen LogP contribution in [0, 0.1) is 0 Å². The van der Waals surface area contributed by atoms with E-state index in [1.165, 1.54) is 48.5 Å². The monoisotopic (exact) mass is 1240 g/mol. The second-order valence-electron chi connectivity index (χ2n) is 19.2. The number of para-hydroxylation sites is 3. The lowest BCUT2D eigenvalue weighted by molar-refractivity contribution is -0.161. The first kappa shape index (κ1) is 64.9. The van der Waals surface area contributed by atoms with Gasteiger partial charge >= 0.3 is 42.5 Å². The summed E-state index contributed by atoms with van der Waals surface area (Å²) in [5.74, 6) is -9.82. The molecule has 4 aromatic carbocycles. The van der Waals surface area contributed by atoms with Gasteiger partial charge in [0.15, 0.2) is 34.3 Å². The van der Waals surface area contributed by atoms with Crippen molar-refractivity contribution in [3.63, 3.8) is 0 Å². The lowest BCUT2D eigenvalue weighted by atomic mass is 9.95. The van der Waals surface area contributed by atoms with E-state index in [2.05, 4.69) is 34.3 Å². The Hall–Kier alpha value is -10.7. The standard InChI is InChI=1S/C56H56N6O25S/c1-56(2)42(49(69)70)62-47(68)38(48(62)88-56)58-43(64)37(29-16-9-8-10-17-29)57-36(63)28-60(45(66)31-19-12-23-35(84-53(74)79-5)41(31)87-55(76)81-7)26-14-24-59(44(65)30-18-11-22-34(83-52(73)78-4)40(30)86-54(75)80-6)25-15-27-61-46(67)32-20-13-21-33(82-51(72)77-3)39(32)85-50(61)71/h8-13,16-23,37-38,42,48H,14-15,24-28H2,1-7H3,(H,57,63)(H,58,64)(H,69,70)/t37?,38-,42+,48-/m1/s1. The molecule has 5 aromatic rings. The number of carbonyl (C=O) groups is 11. The van der Waals surface area contributed by atoms with Gasteiger partial charge in [0.25, 0.3) is 17.4 Å². The van der Waals surface area contributed by atoms with E-state index < -0.39 is 166 Å². The van der Waals surface area contributed by atoms with Crippen molar-refractivity contribution in [1.82, 2.24) is 29.9 Å². The number of carboxylic acid groups (broad SMARTS) is 1. The molecule has 0 aliphatic carbocycles. The van der Waals surface area contributed by atoms with Crippen molar-refractivity contribution in [2.75, 3.05) is 61.7 Å². The summed E-state index contributed by atoms with van der Waals surface area (Å²) in [6.07, 6.45) is -7.08. The zero-order valence-corrected chi connectivity index (χ0v) is 48.6. The van der Waals surface area contributed by atoms with Gasteiger partial charge in [0.05, 0.1) is 58.6 Å². The van der Waals surface area contributed by atoms with Crippen molar-refractivity contribution < 1.29 is 110 Å². The van der Waals surface area contributed by atoms with E-state index in [1.807, 2.05) is 0 Å². The number of nitrogens with one attached hydrogen (secondary N) is 2. The third-order valence-corrected chi connectivity index (χ3v) is 14.9. The normalized spacial score (nSPS) is 15.6. The molecular formula is C56H56N6O25S. The van der Waals surface area contributed by atoms with Gasteiger partial charge in [-0.1, -0.05) is 48.5 Å². The van der Waals surface area contributed by atoms with Crippen molar-refractivity contribution in [1.29, 1.82) is 0 Å². The molecule has 0 saturated carbocycles. The van der Waals surface area contributed by atoms with Crippen molar-refractivity contribution in [2.45, 2.75) is 61.5 Å². The van der Waals surface area contributed by atoms with E-state index in [9.17, 15) is 62.6 Å². The number of β-lactam (4-membered cyclic amide) rings is 1. The van der Waals surface area contributed by atoms with Gasteiger partial charge in [-0.15, -0.1) is 11.8 Å². The number of aliphatic carboxylic acids is 1. The van der Waals surface area contributed by atoms with Crippen molar-refractivity contribution in [2.24, 2.45) is 0 Å². The number of aromatic nitrogens is 1. The number of carboxylic acids is 1. The van der Waals surface area contributed by atoms with Gasteiger partial charge in [-0.25, -0.2) is 38.1 Å². The first-order valence-electron chi connectivity index (χ1n) is 26.1. The molecule has 31 nitrogen and oxygen atoms in total. The van der Waals surface area contributed by atoms with Crippen LogP contribution in [-0.4, -0.2) is 175 Å². The van der Waals surface area contributed by atoms with Gasteiger partial charge in [0, 0.05) is 30.9 Å². The average molecular weight is 1250 g/mol. The van der Waals surface area contributed by atoms with Crippen molar-refractivity contribution in [3.8, 4) is 28.7 Å². The minimum absolute atomic E-state index is 0.194. The number of nitrogens with zero attached hydrogens (tertiary/aromatic N) is 4. The molecule has 5 amide bonds. The molecule has 2 aliphatic rings. The summed E-state index contributed by atoms with van der Waals surface area (Å²) in [6.45, 7) is 0.584. The molecule has 0 spiro atoms. The van der Waals surface area contributed by atoms with Gasteiger partial charge in [0.1, 0.15) is 23.5 Å². The minimum atomic E-state index is -1.57. The smallest absolute Gasteiger partial charge is 0.480 e. The molecule has 1 unspecified atom stereocenters. The van der Waals surface area contributed by atoms with E-state index in [0.29, 0.717) is 4.57 Å². The van der Waals surface area contributed by atoms with Crippen molar-refractivity contribution >= 4 is 89.0 Å². The number of hydrogen-bond acceptors (Lipinski definition) is 25. The Morgan fingerprint density at radius 1 is 0.625 bits per heavy atom. The molecule has 2 aliphatic heterocycles. The summed E-state index contributed by atoms with van der Waals surface area (Å²) in [6, 6.07) is 14.7. The first-order valence-corrected chi connectivity index (χ1v) is 27.0. The van der Waals surface area contributed by atoms with Crippen molar-refractivity contribution in [3.05, 3.63) is 123 Å². The maximum absolute atomic E-state index is 15.0. The van der Waals surface area contributed by atoms with Gasteiger partial charge < -0.3 is 82.2 Å². The van der Waals surface area contributed by atoms with Gasteiger partial charge in [-0.2, -0.15) is 0 Å². The summed E-state index contributed by atoms with van der Waals surface area (Å²) in [5.41, 5.74) is -2.04. The van der Waals surface area contributed by atoms with Gasteiger partial charge in [-0.3, -0.25) is 28.8 Å². The summed E-state index contributed by atoms with van der Waals surface area (Å²) in [4.78, 5) is 177. The molecule has 0 radical (unpaired) electrons. The quantitative estimate of drug-likeness (QED) is 0.0377. The third-order valence-electron chi connectivity index (χ3n) is 13.3. The van der Waals surface area contributed by atoms with Gasteiger partial charge in [-0.05, 0) is 68.7 Å². The number of rotatable bonds is 22. The predicted octanol–water partition coefficient (Wildman–Crippen LogP) is 4.23. The fourth-order valence-corrected chi connectivity index (χ4v) is 10.9. The fraction of sp³-hybridized carbons (Fsp3) is 0.339. The average Bonchev–Trinajstić information content (AvgIpc) is 4.05. The Bertz CT molecular complexity index is 3680. The SMILES string of the molecule is COC(=O)Oc1cccc(C(=O)N(CCCN(CC(=O)NC(C(=O)N[C@@H]2C(=O)N3[C@@H]2SC(C)(C)[C@@H]3C(=O)O)c2ccccc2)C(=O)c2cccc(OC(=O)OC)c2OC(=O)OC)CCCn2c(=O)oc3c(OC(=O)OC)cccc3c2=O)c1OC(=O)OC. The topological polar surface area (TPSA) is 386 Å². The number of hydrogen-bond donors (Lipinski definition) is 3. The van der Waals surface area contributed by atoms with Crippen LogP contribution in [0.15, 0.2) is 98.9 Å². The van der Waals surface area contributed by atoms with Gasteiger partial charge in [0.2, 0.25) is 17.7 Å². The molecule has 7 rings (SSSR count). The molecule has 4 atom stereocenters. The molecule has 3 heterocycles. The van der Waals surface area contributed by atoms with E-state index in [4.69, 9.17) is 28.1 Å². The molecule has 466 valence electrons. The van der Waals surface area contributed by atoms with E-state index in [1.54, 1.807) is 32.0 Å². The maximum Gasteiger partial charge on any atom is 0.513 e. The Labute approximate surface area is 501 Å². The molecule has 1 aromatic heterocycles. The number of thioether (sulfide) groups is 1. The summed E-state index contributed by atoms with van der Waals surface area (Å²) in [7, 11) is 4.87. The van der Waals surface area contributed by atoms with Crippen LogP contribution in [-0.2, 0) is 49.4 Å². The van der Waals surface area contributed by atoms with Crippen LogP contribution in [0.2, 0.25) is 0 Å². The number of fused-ring (bicyclic) bond motifs is 2. The zero-order chi connectivity index (χ0) is 64.1. The molecule has 3 N–H and O–H groups in total. The predicted molar refractivity (Wildman–Crippen MR) is 299 cm³/mol. The Morgan fingerprint density at radius 3 is 1.66 bits per heavy atom. The summed E-state index contributed by atoms with van der Waals surface area (Å²) < 4.78 is 54.2. The molecule has 2 fully saturated rings. The molecule has 88 heavy (non-hydrogen) atoms. The summed E-state index contributed by atoms with van der Waals surface area (Å²) >= 11 is 1.16. The fourth-order valence-electron chi connectivity index (χ4n) is 9.31. The number of methoxy groups -OCH3 is 5.